The zero-order valence-electron chi connectivity index (χ0n) is 15.0. The number of rotatable bonds is 5. The van der Waals surface area contributed by atoms with Crippen molar-refractivity contribution in [3.63, 3.8) is 0 Å². The van der Waals surface area contributed by atoms with Gasteiger partial charge in [-0.3, -0.25) is 4.79 Å². The van der Waals surface area contributed by atoms with E-state index in [1.54, 1.807) is 12.1 Å². The Morgan fingerprint density at radius 3 is 2.41 bits per heavy atom. The second-order valence-corrected chi connectivity index (χ2v) is 6.57. The lowest BCUT2D eigenvalue weighted by Gasteiger charge is -2.23. The van der Waals surface area contributed by atoms with Crippen LogP contribution in [0.3, 0.4) is 0 Å². The zero-order chi connectivity index (χ0) is 19.4. The molecule has 2 aromatic carbocycles. The van der Waals surface area contributed by atoms with Crippen LogP contribution in [0.2, 0.25) is 0 Å². The van der Waals surface area contributed by atoms with E-state index in [1.807, 2.05) is 24.0 Å². The Kier molecular flexibility index (Phi) is 5.58. The predicted octanol–water partition coefficient (Wildman–Crippen LogP) is 4.63. The lowest BCUT2D eigenvalue weighted by atomic mass is 10.1. The van der Waals surface area contributed by atoms with Crippen molar-refractivity contribution in [2.75, 3.05) is 29.9 Å². The van der Waals surface area contributed by atoms with E-state index in [9.17, 15) is 18.0 Å². The lowest BCUT2D eigenvalue weighted by Crippen LogP contribution is -2.24. The van der Waals surface area contributed by atoms with E-state index in [-0.39, 0.29) is 12.3 Å². The number of hydrogen-bond acceptors (Lipinski definition) is 3. The molecule has 2 aromatic rings. The van der Waals surface area contributed by atoms with Crippen LogP contribution in [0.15, 0.2) is 42.5 Å². The topological polar surface area (TPSA) is 41.6 Å². The zero-order valence-corrected chi connectivity index (χ0v) is 15.0. The molecule has 1 aliphatic heterocycles. The van der Waals surface area contributed by atoms with Gasteiger partial charge in [0.1, 0.15) is 5.75 Å². The number of carbonyl (C=O) groups excluding carboxylic acids is 1. The molecule has 0 atom stereocenters. The van der Waals surface area contributed by atoms with Gasteiger partial charge in [-0.1, -0.05) is 17.7 Å². The van der Waals surface area contributed by atoms with Gasteiger partial charge >= 0.3 is 6.18 Å². The fourth-order valence-corrected chi connectivity index (χ4v) is 3.02. The smallest absolute Gasteiger partial charge is 0.416 e. The highest BCUT2D eigenvalue weighted by Gasteiger charge is 2.32. The van der Waals surface area contributed by atoms with E-state index < -0.39 is 17.6 Å². The first kappa shape index (κ1) is 19.1. The van der Waals surface area contributed by atoms with Crippen LogP contribution < -0.4 is 15.0 Å². The SMILES string of the molecule is Cc1ccc(OCC(=O)Nc2cc(C(F)(F)F)ccc2N2CCCC2)cc1. The Bertz CT molecular complexity index is 798. The molecule has 0 bridgehead atoms. The number of carbonyl (C=O) groups is 1. The summed E-state index contributed by atoms with van der Waals surface area (Å²) in [6, 6.07) is 10.6. The van der Waals surface area contributed by atoms with Gasteiger partial charge in [-0.25, -0.2) is 0 Å². The Labute approximate surface area is 155 Å². The summed E-state index contributed by atoms with van der Waals surface area (Å²) in [5.74, 6) is 0.0231. The molecule has 0 saturated carbocycles. The molecule has 1 fully saturated rings. The molecule has 1 heterocycles. The molecule has 144 valence electrons. The predicted molar refractivity (Wildman–Crippen MR) is 98.2 cm³/mol. The van der Waals surface area contributed by atoms with Crippen LogP contribution in [0.4, 0.5) is 24.5 Å². The van der Waals surface area contributed by atoms with Crippen molar-refractivity contribution in [1.29, 1.82) is 0 Å². The van der Waals surface area contributed by atoms with Gasteiger partial charge in [-0.15, -0.1) is 0 Å². The van der Waals surface area contributed by atoms with Crippen molar-refractivity contribution in [2.24, 2.45) is 0 Å². The second kappa shape index (κ2) is 7.90. The maximum atomic E-state index is 13.1. The van der Waals surface area contributed by atoms with Crippen molar-refractivity contribution in [3.05, 3.63) is 53.6 Å². The first-order valence-electron chi connectivity index (χ1n) is 8.78. The minimum Gasteiger partial charge on any atom is -0.484 e. The molecule has 27 heavy (non-hydrogen) atoms. The van der Waals surface area contributed by atoms with Crippen molar-refractivity contribution < 1.29 is 22.7 Å². The first-order chi connectivity index (χ1) is 12.8. The minimum absolute atomic E-state index is 0.157. The van der Waals surface area contributed by atoms with Gasteiger partial charge in [-0.2, -0.15) is 13.2 Å². The average Bonchev–Trinajstić information content (AvgIpc) is 3.15. The first-order valence-corrected chi connectivity index (χ1v) is 8.78. The molecule has 0 radical (unpaired) electrons. The summed E-state index contributed by atoms with van der Waals surface area (Å²) in [6.07, 6.45) is -2.52. The van der Waals surface area contributed by atoms with Crippen LogP contribution in [-0.2, 0) is 11.0 Å². The van der Waals surface area contributed by atoms with Crippen LogP contribution in [0.1, 0.15) is 24.0 Å². The summed E-state index contributed by atoms with van der Waals surface area (Å²) in [4.78, 5) is 14.2. The van der Waals surface area contributed by atoms with Gasteiger partial charge < -0.3 is 15.0 Å². The van der Waals surface area contributed by atoms with Crippen molar-refractivity contribution in [2.45, 2.75) is 25.9 Å². The molecule has 0 aromatic heterocycles. The molecule has 3 rings (SSSR count). The summed E-state index contributed by atoms with van der Waals surface area (Å²) in [6.45, 7) is 3.17. The summed E-state index contributed by atoms with van der Waals surface area (Å²) >= 11 is 0. The van der Waals surface area contributed by atoms with E-state index in [2.05, 4.69) is 5.32 Å². The standard InChI is InChI=1S/C20H21F3N2O2/c1-14-4-7-16(8-5-14)27-13-19(26)24-17-12-15(20(21,22)23)6-9-18(17)25-10-2-3-11-25/h4-9,12H,2-3,10-11,13H2,1H3,(H,24,26). The van der Waals surface area contributed by atoms with Crippen LogP contribution >= 0.6 is 0 Å². The van der Waals surface area contributed by atoms with Gasteiger partial charge in [0, 0.05) is 13.1 Å². The van der Waals surface area contributed by atoms with E-state index in [0.717, 1.165) is 43.6 Å². The molecular formula is C20H21F3N2O2. The molecule has 0 spiro atoms. The van der Waals surface area contributed by atoms with Crippen LogP contribution in [0.5, 0.6) is 5.75 Å². The minimum atomic E-state index is -4.47. The number of hydrogen-bond donors (Lipinski definition) is 1. The molecule has 0 unspecified atom stereocenters. The molecule has 1 aliphatic rings. The maximum Gasteiger partial charge on any atom is 0.416 e. The van der Waals surface area contributed by atoms with Crippen molar-refractivity contribution in [1.82, 2.24) is 0 Å². The highest BCUT2D eigenvalue weighted by molar-refractivity contribution is 5.95. The van der Waals surface area contributed by atoms with Crippen LogP contribution in [0.25, 0.3) is 0 Å². The monoisotopic (exact) mass is 378 g/mol. The normalized spacial score (nSPS) is 14.3. The third kappa shape index (κ3) is 4.93. The van der Waals surface area contributed by atoms with Gasteiger partial charge in [-0.05, 0) is 50.1 Å². The van der Waals surface area contributed by atoms with Crippen LogP contribution in [-0.4, -0.2) is 25.6 Å². The maximum absolute atomic E-state index is 13.1. The van der Waals surface area contributed by atoms with E-state index in [4.69, 9.17) is 4.74 Å². The number of benzene rings is 2. The molecule has 1 saturated heterocycles. The highest BCUT2D eigenvalue weighted by Crippen LogP contribution is 2.36. The van der Waals surface area contributed by atoms with Gasteiger partial charge in [0.25, 0.3) is 5.91 Å². The number of amides is 1. The number of nitrogens with one attached hydrogen (secondary N) is 1. The Morgan fingerprint density at radius 2 is 1.78 bits per heavy atom. The van der Waals surface area contributed by atoms with Crippen LogP contribution in [0, 0.1) is 6.92 Å². The number of alkyl halides is 3. The second-order valence-electron chi connectivity index (χ2n) is 6.57. The van der Waals surface area contributed by atoms with Gasteiger partial charge in [0.15, 0.2) is 6.61 Å². The third-order valence-corrected chi connectivity index (χ3v) is 4.44. The molecule has 0 aliphatic carbocycles. The Hall–Kier alpha value is -2.70. The molecule has 1 N–H and O–H groups in total. The number of halogens is 3. The third-order valence-electron chi connectivity index (χ3n) is 4.44. The van der Waals surface area contributed by atoms with Crippen molar-refractivity contribution >= 4 is 17.3 Å². The quantitative estimate of drug-likeness (QED) is 0.825. The van der Waals surface area contributed by atoms with E-state index in [1.165, 1.54) is 6.07 Å². The summed E-state index contributed by atoms with van der Waals surface area (Å²) in [7, 11) is 0. The average molecular weight is 378 g/mol. The summed E-state index contributed by atoms with van der Waals surface area (Å²) in [5.41, 5.74) is 1.03. The number of nitrogens with zero attached hydrogens (tertiary/aromatic N) is 1. The highest BCUT2D eigenvalue weighted by atomic mass is 19.4. The fourth-order valence-electron chi connectivity index (χ4n) is 3.02. The molecule has 1 amide bonds. The molecule has 4 nitrogen and oxygen atoms in total. The number of aryl methyl sites for hydroxylation is 1. The Morgan fingerprint density at radius 1 is 1.11 bits per heavy atom. The van der Waals surface area contributed by atoms with E-state index in [0.29, 0.717) is 11.4 Å². The Balaban J connectivity index is 1.74. The number of anilines is 2. The van der Waals surface area contributed by atoms with Crippen molar-refractivity contribution in [3.8, 4) is 5.75 Å². The van der Waals surface area contributed by atoms with Gasteiger partial charge in [0.2, 0.25) is 0 Å². The number of ether oxygens (including phenoxy) is 1. The van der Waals surface area contributed by atoms with E-state index >= 15 is 0 Å². The molecule has 7 heteroatoms. The largest absolute Gasteiger partial charge is 0.484 e. The molecular weight excluding hydrogens is 357 g/mol. The fraction of sp³-hybridized carbons (Fsp3) is 0.350. The lowest BCUT2D eigenvalue weighted by molar-refractivity contribution is -0.137. The van der Waals surface area contributed by atoms with Gasteiger partial charge in [0.05, 0.1) is 16.9 Å². The summed E-state index contributed by atoms with van der Waals surface area (Å²) in [5, 5.41) is 2.58. The summed E-state index contributed by atoms with van der Waals surface area (Å²) < 4.78 is 44.6.